The molecule has 0 bridgehead atoms. The van der Waals surface area contributed by atoms with Crippen molar-refractivity contribution < 1.29 is 4.79 Å². The smallest absolute Gasteiger partial charge is 0.227 e. The molecule has 0 aromatic carbocycles. The van der Waals surface area contributed by atoms with Crippen molar-refractivity contribution in [2.24, 2.45) is 0 Å². The van der Waals surface area contributed by atoms with Gasteiger partial charge in [-0.15, -0.1) is 0 Å². The minimum absolute atomic E-state index is 0.138. The van der Waals surface area contributed by atoms with E-state index in [0.29, 0.717) is 0 Å². The van der Waals surface area contributed by atoms with Gasteiger partial charge in [-0.3, -0.25) is 4.79 Å². The minimum atomic E-state index is 0.138. The summed E-state index contributed by atoms with van der Waals surface area (Å²) in [7, 11) is 0. The zero-order valence-electron chi connectivity index (χ0n) is 16.5. The second-order valence-corrected chi connectivity index (χ2v) is 7.18. The van der Waals surface area contributed by atoms with E-state index in [4.69, 9.17) is 4.98 Å². The molecule has 4 heterocycles. The van der Waals surface area contributed by atoms with Crippen LogP contribution in [0.15, 0.2) is 24.5 Å². The Morgan fingerprint density at radius 2 is 1.39 bits per heavy atom. The first-order valence-electron chi connectivity index (χ1n) is 9.73. The summed E-state index contributed by atoms with van der Waals surface area (Å²) in [6, 6.07) is 3.86. The quantitative estimate of drug-likeness (QED) is 0.762. The number of carbonyl (C=O) groups is 1. The van der Waals surface area contributed by atoms with Crippen LogP contribution in [-0.2, 0) is 4.79 Å². The van der Waals surface area contributed by atoms with Crippen LogP contribution in [-0.4, -0.2) is 83.1 Å². The average Bonchev–Trinajstić information content (AvgIpc) is 2.74. The molecule has 1 amide bonds. The van der Waals surface area contributed by atoms with E-state index in [9.17, 15) is 4.79 Å². The fourth-order valence-electron chi connectivity index (χ4n) is 3.65. The lowest BCUT2D eigenvalue weighted by Crippen LogP contribution is -2.49. The highest BCUT2D eigenvalue weighted by molar-refractivity contribution is 5.73. The van der Waals surface area contributed by atoms with Crippen molar-refractivity contribution in [3.63, 3.8) is 0 Å². The lowest BCUT2D eigenvalue weighted by molar-refractivity contribution is -0.129. The molecule has 0 aliphatic carbocycles. The zero-order valence-corrected chi connectivity index (χ0v) is 16.5. The van der Waals surface area contributed by atoms with E-state index < -0.39 is 0 Å². The van der Waals surface area contributed by atoms with Gasteiger partial charge in [-0.2, -0.15) is 4.98 Å². The van der Waals surface area contributed by atoms with Crippen molar-refractivity contribution in [3.05, 3.63) is 30.2 Å². The second kappa shape index (κ2) is 7.95. The molecule has 2 saturated heterocycles. The highest BCUT2D eigenvalue weighted by Gasteiger charge is 2.24. The van der Waals surface area contributed by atoms with Crippen LogP contribution in [0.5, 0.6) is 0 Å². The summed E-state index contributed by atoms with van der Waals surface area (Å²) < 4.78 is 0. The molecule has 28 heavy (non-hydrogen) atoms. The topological polar surface area (TPSA) is 81.6 Å². The SMILES string of the molecule is CC(=O)N1CCN(c2cc(C)nc(N3CCN(c4ncccn4)CC3)n2)CC1. The van der Waals surface area contributed by atoms with Crippen LogP contribution in [0.2, 0.25) is 0 Å². The zero-order chi connectivity index (χ0) is 19.5. The van der Waals surface area contributed by atoms with Gasteiger partial charge in [-0.1, -0.05) is 0 Å². The number of amides is 1. The van der Waals surface area contributed by atoms with Crippen LogP contribution in [0.4, 0.5) is 17.7 Å². The highest BCUT2D eigenvalue weighted by Crippen LogP contribution is 2.21. The maximum atomic E-state index is 11.5. The van der Waals surface area contributed by atoms with Crippen molar-refractivity contribution in [1.29, 1.82) is 0 Å². The van der Waals surface area contributed by atoms with Gasteiger partial charge in [0.2, 0.25) is 17.8 Å². The van der Waals surface area contributed by atoms with Gasteiger partial charge in [0.15, 0.2) is 0 Å². The summed E-state index contributed by atoms with van der Waals surface area (Å²) >= 11 is 0. The summed E-state index contributed by atoms with van der Waals surface area (Å²) in [6.07, 6.45) is 3.55. The van der Waals surface area contributed by atoms with E-state index in [1.54, 1.807) is 19.3 Å². The molecule has 2 aliphatic rings. The van der Waals surface area contributed by atoms with Gasteiger partial charge in [-0.25, -0.2) is 15.0 Å². The number of hydrogen-bond donors (Lipinski definition) is 0. The Bertz CT molecular complexity index is 814. The third kappa shape index (κ3) is 3.97. The third-order valence-corrected chi connectivity index (χ3v) is 5.28. The van der Waals surface area contributed by atoms with Crippen molar-refractivity contribution >= 4 is 23.6 Å². The van der Waals surface area contributed by atoms with E-state index in [-0.39, 0.29) is 5.91 Å². The molecule has 148 valence electrons. The number of aromatic nitrogens is 4. The Morgan fingerprint density at radius 3 is 2.00 bits per heavy atom. The van der Waals surface area contributed by atoms with Crippen LogP contribution < -0.4 is 14.7 Å². The molecule has 2 fully saturated rings. The fraction of sp³-hybridized carbons (Fsp3) is 0.526. The number of piperazine rings is 2. The van der Waals surface area contributed by atoms with Crippen molar-refractivity contribution in [2.45, 2.75) is 13.8 Å². The number of aryl methyl sites for hydroxylation is 1. The van der Waals surface area contributed by atoms with Gasteiger partial charge in [0.25, 0.3) is 0 Å². The first-order chi connectivity index (χ1) is 13.6. The van der Waals surface area contributed by atoms with Gasteiger partial charge in [-0.05, 0) is 13.0 Å². The lowest BCUT2D eigenvalue weighted by atomic mass is 10.3. The molecule has 0 radical (unpaired) electrons. The molecule has 2 aromatic rings. The number of carbonyl (C=O) groups excluding carboxylic acids is 1. The summed E-state index contributed by atoms with van der Waals surface area (Å²) in [6.45, 7) is 10.1. The number of rotatable bonds is 3. The summed E-state index contributed by atoms with van der Waals surface area (Å²) in [4.78, 5) is 38.3. The Kier molecular flexibility index (Phi) is 5.23. The molecule has 4 rings (SSSR count). The molecule has 0 spiro atoms. The molecular formula is C19H26N8O. The van der Waals surface area contributed by atoms with E-state index in [1.807, 2.05) is 24.0 Å². The predicted octanol–water partition coefficient (Wildman–Crippen LogP) is 0.570. The van der Waals surface area contributed by atoms with Gasteiger partial charge in [0.1, 0.15) is 5.82 Å². The van der Waals surface area contributed by atoms with Crippen LogP contribution in [0.3, 0.4) is 0 Å². The molecule has 0 atom stereocenters. The fourth-order valence-corrected chi connectivity index (χ4v) is 3.65. The standard InChI is InChI=1S/C19H26N8O/c1-15-14-17(25-8-6-24(7-9-25)16(2)28)23-19(22-15)27-12-10-26(11-13-27)18-20-4-3-5-21-18/h3-5,14H,6-13H2,1-2H3. The first kappa shape index (κ1) is 18.4. The molecule has 2 aromatic heterocycles. The molecule has 2 aliphatic heterocycles. The monoisotopic (exact) mass is 382 g/mol. The number of nitrogens with zero attached hydrogens (tertiary/aromatic N) is 8. The van der Waals surface area contributed by atoms with E-state index in [1.165, 1.54) is 0 Å². The second-order valence-electron chi connectivity index (χ2n) is 7.18. The predicted molar refractivity (Wildman–Crippen MR) is 108 cm³/mol. The Labute approximate surface area is 165 Å². The Balaban J connectivity index is 1.43. The van der Waals surface area contributed by atoms with Crippen molar-refractivity contribution in [2.75, 3.05) is 67.1 Å². The minimum Gasteiger partial charge on any atom is -0.353 e. The largest absolute Gasteiger partial charge is 0.353 e. The third-order valence-electron chi connectivity index (χ3n) is 5.28. The number of hydrogen-bond acceptors (Lipinski definition) is 8. The maximum absolute atomic E-state index is 11.5. The van der Waals surface area contributed by atoms with Crippen LogP contribution in [0.25, 0.3) is 0 Å². The van der Waals surface area contributed by atoms with Crippen LogP contribution in [0.1, 0.15) is 12.6 Å². The van der Waals surface area contributed by atoms with E-state index >= 15 is 0 Å². The summed E-state index contributed by atoms with van der Waals surface area (Å²) in [5.41, 5.74) is 0.961. The molecule has 0 N–H and O–H groups in total. The van der Waals surface area contributed by atoms with E-state index in [2.05, 4.69) is 29.7 Å². The molecule has 9 heteroatoms. The van der Waals surface area contributed by atoms with Gasteiger partial charge in [0.05, 0.1) is 0 Å². The van der Waals surface area contributed by atoms with Gasteiger partial charge >= 0.3 is 0 Å². The number of anilines is 3. The van der Waals surface area contributed by atoms with Gasteiger partial charge in [0, 0.05) is 83.4 Å². The van der Waals surface area contributed by atoms with Crippen molar-refractivity contribution in [3.8, 4) is 0 Å². The molecular weight excluding hydrogens is 356 g/mol. The normalized spacial score (nSPS) is 17.8. The summed E-state index contributed by atoms with van der Waals surface area (Å²) in [5.74, 6) is 2.63. The Morgan fingerprint density at radius 1 is 0.821 bits per heavy atom. The molecule has 9 nitrogen and oxygen atoms in total. The highest BCUT2D eigenvalue weighted by atomic mass is 16.2. The molecule has 0 saturated carbocycles. The first-order valence-corrected chi connectivity index (χ1v) is 9.73. The maximum Gasteiger partial charge on any atom is 0.227 e. The average molecular weight is 382 g/mol. The van der Waals surface area contributed by atoms with Crippen molar-refractivity contribution in [1.82, 2.24) is 24.8 Å². The lowest BCUT2D eigenvalue weighted by Gasteiger charge is -2.37. The summed E-state index contributed by atoms with van der Waals surface area (Å²) in [5, 5.41) is 0. The Hall–Kier alpha value is -2.97. The van der Waals surface area contributed by atoms with Crippen LogP contribution in [0, 0.1) is 6.92 Å². The van der Waals surface area contributed by atoms with E-state index in [0.717, 1.165) is 75.8 Å². The molecule has 0 unspecified atom stereocenters. The van der Waals surface area contributed by atoms with Gasteiger partial charge < -0.3 is 19.6 Å². The van der Waals surface area contributed by atoms with Crippen LogP contribution >= 0.6 is 0 Å².